The summed E-state index contributed by atoms with van der Waals surface area (Å²) in [4.78, 5) is 1.73. The molecule has 0 spiro atoms. The van der Waals surface area contributed by atoms with Crippen molar-refractivity contribution in [3.63, 3.8) is 0 Å². The number of alkyl halides is 2. The highest BCUT2D eigenvalue weighted by Crippen LogP contribution is 2.48. The largest absolute Gasteiger partial charge is 0.395 e. The van der Waals surface area contributed by atoms with Crippen LogP contribution in [-0.2, 0) is 0 Å². The molecule has 0 amide bonds. The van der Waals surface area contributed by atoms with Crippen LogP contribution in [0.3, 0.4) is 0 Å². The minimum atomic E-state index is -2.43. The van der Waals surface area contributed by atoms with Crippen molar-refractivity contribution in [2.45, 2.75) is 12.3 Å². The van der Waals surface area contributed by atoms with E-state index in [0.29, 0.717) is 13.1 Å². The van der Waals surface area contributed by atoms with E-state index >= 15 is 0 Å². The molecule has 1 aliphatic rings. The van der Waals surface area contributed by atoms with E-state index in [0.717, 1.165) is 0 Å². The molecular weight excluding hydrogens is 152 g/mol. The second kappa shape index (κ2) is 3.03. The van der Waals surface area contributed by atoms with Crippen LogP contribution in [0.25, 0.3) is 0 Å². The fourth-order valence-corrected chi connectivity index (χ4v) is 1.11. The third-order valence-corrected chi connectivity index (χ3v) is 1.97. The lowest BCUT2D eigenvalue weighted by atomic mass is 10.4. The Bertz CT molecular complexity index is 140. The van der Waals surface area contributed by atoms with Crippen molar-refractivity contribution in [1.29, 1.82) is 0 Å². The van der Waals surface area contributed by atoms with E-state index in [4.69, 9.17) is 5.11 Å². The number of rotatable bonds is 4. The van der Waals surface area contributed by atoms with Crippen LogP contribution in [0, 0.1) is 5.92 Å². The zero-order valence-corrected chi connectivity index (χ0v) is 6.56. The molecule has 0 heterocycles. The quantitative estimate of drug-likeness (QED) is 0.658. The van der Waals surface area contributed by atoms with E-state index in [-0.39, 0.29) is 13.0 Å². The van der Waals surface area contributed by atoms with Gasteiger partial charge in [-0.1, -0.05) is 0 Å². The predicted molar refractivity (Wildman–Crippen MR) is 37.6 cm³/mol. The summed E-state index contributed by atoms with van der Waals surface area (Å²) in [5.41, 5.74) is 0. The van der Waals surface area contributed by atoms with Gasteiger partial charge in [-0.05, 0) is 7.05 Å². The Morgan fingerprint density at radius 1 is 1.64 bits per heavy atom. The first kappa shape index (κ1) is 8.87. The molecule has 11 heavy (non-hydrogen) atoms. The van der Waals surface area contributed by atoms with E-state index in [2.05, 4.69) is 0 Å². The SMILES string of the molecule is CN(CCO)CC1CC1(F)F. The van der Waals surface area contributed by atoms with Gasteiger partial charge in [0, 0.05) is 25.4 Å². The lowest BCUT2D eigenvalue weighted by Crippen LogP contribution is -2.25. The zero-order chi connectivity index (χ0) is 8.48. The summed E-state index contributed by atoms with van der Waals surface area (Å²) in [6.45, 7) is 0.912. The minimum absolute atomic E-state index is 0.0166. The summed E-state index contributed by atoms with van der Waals surface area (Å²) in [6.07, 6.45) is 0.0166. The Morgan fingerprint density at radius 3 is 2.55 bits per heavy atom. The molecule has 0 aromatic carbocycles. The zero-order valence-electron chi connectivity index (χ0n) is 6.56. The van der Waals surface area contributed by atoms with Crippen molar-refractivity contribution < 1.29 is 13.9 Å². The van der Waals surface area contributed by atoms with Crippen molar-refractivity contribution in [1.82, 2.24) is 4.90 Å². The van der Waals surface area contributed by atoms with Crippen molar-refractivity contribution >= 4 is 0 Å². The molecule has 0 radical (unpaired) electrons. The standard InChI is InChI=1S/C7H13F2NO/c1-10(2-3-11)5-6-4-7(6,8)9/h6,11H,2-5H2,1H3. The molecule has 1 saturated carbocycles. The Kier molecular flexibility index (Phi) is 2.44. The second-order valence-electron chi connectivity index (χ2n) is 3.15. The van der Waals surface area contributed by atoms with Crippen molar-refractivity contribution in [2.24, 2.45) is 5.92 Å². The molecule has 1 N–H and O–H groups in total. The van der Waals surface area contributed by atoms with Gasteiger partial charge < -0.3 is 10.0 Å². The van der Waals surface area contributed by atoms with Crippen LogP contribution in [0.1, 0.15) is 6.42 Å². The van der Waals surface area contributed by atoms with Gasteiger partial charge in [0.05, 0.1) is 6.61 Å². The molecule has 0 bridgehead atoms. The summed E-state index contributed by atoms with van der Waals surface area (Å²) in [6, 6.07) is 0. The minimum Gasteiger partial charge on any atom is -0.395 e. The van der Waals surface area contributed by atoms with Gasteiger partial charge in [-0.25, -0.2) is 8.78 Å². The molecule has 1 fully saturated rings. The highest BCUT2D eigenvalue weighted by Gasteiger charge is 2.56. The van der Waals surface area contributed by atoms with Gasteiger partial charge in [-0.2, -0.15) is 0 Å². The van der Waals surface area contributed by atoms with Gasteiger partial charge in [0.2, 0.25) is 0 Å². The molecule has 0 aromatic rings. The predicted octanol–water partition coefficient (Wildman–Crippen LogP) is 0.566. The molecule has 0 aromatic heterocycles. The number of aliphatic hydroxyl groups is 1. The number of halogens is 2. The number of hydrogen-bond donors (Lipinski definition) is 1. The summed E-state index contributed by atoms with van der Waals surface area (Å²) in [5, 5.41) is 8.47. The molecule has 66 valence electrons. The first-order valence-electron chi connectivity index (χ1n) is 3.73. The van der Waals surface area contributed by atoms with Crippen LogP contribution in [0.4, 0.5) is 8.78 Å². The Morgan fingerprint density at radius 2 is 2.18 bits per heavy atom. The monoisotopic (exact) mass is 165 g/mol. The smallest absolute Gasteiger partial charge is 0.252 e. The maximum absolute atomic E-state index is 12.3. The maximum atomic E-state index is 12.3. The second-order valence-corrected chi connectivity index (χ2v) is 3.15. The number of hydrogen-bond acceptors (Lipinski definition) is 2. The van der Waals surface area contributed by atoms with Gasteiger partial charge in [-0.3, -0.25) is 0 Å². The first-order valence-corrected chi connectivity index (χ1v) is 3.73. The number of aliphatic hydroxyl groups excluding tert-OH is 1. The molecule has 1 atom stereocenters. The highest BCUT2D eigenvalue weighted by atomic mass is 19.3. The van der Waals surface area contributed by atoms with Crippen LogP contribution < -0.4 is 0 Å². The molecule has 0 aliphatic heterocycles. The Hall–Kier alpha value is -0.220. The van der Waals surface area contributed by atoms with E-state index < -0.39 is 11.8 Å². The third-order valence-electron chi connectivity index (χ3n) is 1.97. The van der Waals surface area contributed by atoms with Gasteiger partial charge in [-0.15, -0.1) is 0 Å². The molecule has 1 aliphatic carbocycles. The topological polar surface area (TPSA) is 23.5 Å². The average molecular weight is 165 g/mol. The molecule has 1 unspecified atom stereocenters. The molecule has 0 saturated heterocycles. The fourth-order valence-electron chi connectivity index (χ4n) is 1.11. The molecule has 1 rings (SSSR count). The van der Waals surface area contributed by atoms with Crippen LogP contribution in [0.5, 0.6) is 0 Å². The van der Waals surface area contributed by atoms with Gasteiger partial charge in [0.25, 0.3) is 5.92 Å². The van der Waals surface area contributed by atoms with Gasteiger partial charge in [0.15, 0.2) is 0 Å². The van der Waals surface area contributed by atoms with E-state index in [1.54, 1.807) is 11.9 Å². The van der Waals surface area contributed by atoms with E-state index in [1.807, 2.05) is 0 Å². The molecule has 2 nitrogen and oxygen atoms in total. The summed E-state index contributed by atoms with van der Waals surface area (Å²) >= 11 is 0. The summed E-state index contributed by atoms with van der Waals surface area (Å²) in [5.74, 6) is -2.90. The molecular formula is C7H13F2NO. The van der Waals surface area contributed by atoms with Crippen LogP contribution in [-0.4, -0.2) is 42.7 Å². The highest BCUT2D eigenvalue weighted by molar-refractivity contribution is 4.96. The Balaban J connectivity index is 2.13. The molecule has 4 heteroatoms. The van der Waals surface area contributed by atoms with Crippen molar-refractivity contribution in [3.05, 3.63) is 0 Å². The normalized spacial score (nSPS) is 27.5. The summed E-state index contributed by atoms with van der Waals surface area (Å²) in [7, 11) is 1.74. The van der Waals surface area contributed by atoms with Gasteiger partial charge >= 0.3 is 0 Å². The van der Waals surface area contributed by atoms with Crippen LogP contribution in [0.15, 0.2) is 0 Å². The van der Waals surface area contributed by atoms with E-state index in [9.17, 15) is 8.78 Å². The van der Waals surface area contributed by atoms with Gasteiger partial charge in [0.1, 0.15) is 0 Å². The lowest BCUT2D eigenvalue weighted by Gasteiger charge is -2.13. The van der Waals surface area contributed by atoms with Crippen molar-refractivity contribution in [2.75, 3.05) is 26.7 Å². The fraction of sp³-hybridized carbons (Fsp3) is 1.00. The number of likely N-dealkylation sites (N-methyl/N-ethyl adjacent to an activating group) is 1. The first-order chi connectivity index (χ1) is 5.06. The van der Waals surface area contributed by atoms with Crippen LogP contribution >= 0.6 is 0 Å². The number of nitrogens with zero attached hydrogens (tertiary/aromatic N) is 1. The maximum Gasteiger partial charge on any atom is 0.252 e. The van der Waals surface area contributed by atoms with Crippen LogP contribution in [0.2, 0.25) is 0 Å². The Labute approximate surface area is 64.8 Å². The van der Waals surface area contributed by atoms with Crippen molar-refractivity contribution in [3.8, 4) is 0 Å². The van der Waals surface area contributed by atoms with E-state index in [1.165, 1.54) is 0 Å². The lowest BCUT2D eigenvalue weighted by molar-refractivity contribution is 0.0879. The average Bonchev–Trinajstić information content (AvgIpc) is 2.39. The third kappa shape index (κ3) is 2.38. The summed E-state index contributed by atoms with van der Waals surface area (Å²) < 4.78 is 24.6.